The highest BCUT2D eigenvalue weighted by Crippen LogP contribution is 2.19. The van der Waals surface area contributed by atoms with Crippen molar-refractivity contribution in [1.82, 2.24) is 29.5 Å². The molecule has 1 amide bonds. The summed E-state index contributed by atoms with van der Waals surface area (Å²) in [5, 5.41) is 11.9. The minimum atomic E-state index is -0.363. The number of amides is 1. The Morgan fingerprint density at radius 3 is 2.51 bits per heavy atom. The van der Waals surface area contributed by atoms with Crippen LogP contribution in [0.5, 0.6) is 5.75 Å². The molecule has 0 radical (unpaired) electrons. The molecular weight excluding hydrogens is 446 g/mol. The second-order valence-corrected chi connectivity index (χ2v) is 8.25. The molecule has 0 unspecified atom stereocenters. The van der Waals surface area contributed by atoms with Crippen LogP contribution in [0.1, 0.15) is 29.9 Å². The molecule has 0 saturated heterocycles. The lowest BCUT2D eigenvalue weighted by atomic mass is 10.2. The summed E-state index contributed by atoms with van der Waals surface area (Å²) in [7, 11) is 0. The normalized spacial score (nSPS) is 11.2. The second-order valence-electron chi connectivity index (χ2n) is 8.25. The van der Waals surface area contributed by atoms with Gasteiger partial charge in [-0.15, -0.1) is 0 Å². The van der Waals surface area contributed by atoms with Gasteiger partial charge in [-0.25, -0.2) is 4.68 Å². The van der Waals surface area contributed by atoms with E-state index < -0.39 is 0 Å². The van der Waals surface area contributed by atoms with E-state index in [0.717, 1.165) is 5.69 Å². The van der Waals surface area contributed by atoms with Gasteiger partial charge in [-0.1, -0.05) is 18.2 Å². The van der Waals surface area contributed by atoms with E-state index in [0.29, 0.717) is 33.9 Å². The number of hydrogen-bond acceptors (Lipinski definition) is 6. The zero-order valence-corrected chi connectivity index (χ0v) is 19.4. The van der Waals surface area contributed by atoms with Crippen LogP contribution < -0.4 is 15.6 Å². The molecule has 0 spiro atoms. The topological polar surface area (TPSA) is 120 Å². The first-order valence-corrected chi connectivity index (χ1v) is 11.1. The molecule has 0 aliphatic heterocycles. The number of nitrogens with one attached hydrogen (secondary N) is 2. The molecule has 0 fully saturated rings. The van der Waals surface area contributed by atoms with Crippen molar-refractivity contribution in [2.45, 2.75) is 26.9 Å². The molecule has 35 heavy (non-hydrogen) atoms. The molecule has 2 N–H and O–H groups in total. The molecule has 0 aliphatic rings. The summed E-state index contributed by atoms with van der Waals surface area (Å²) in [5.74, 6) is 0.870. The predicted molar refractivity (Wildman–Crippen MR) is 132 cm³/mol. The standard InChI is InChI=1S/C25H23N7O3/c1-15(2)35-19-11-9-17(10-12-19)23(33)27-21-13-16(3)30-32(21)25-28-22-20(24(34)29-25)14-26-31(22)18-7-5-4-6-8-18/h4-15H,1-3H3,(H,27,33)(H,28,29,34). The number of nitrogens with zero attached hydrogens (tertiary/aromatic N) is 5. The van der Waals surface area contributed by atoms with Crippen molar-refractivity contribution < 1.29 is 9.53 Å². The summed E-state index contributed by atoms with van der Waals surface area (Å²) in [6.45, 7) is 5.66. The van der Waals surface area contributed by atoms with Crippen LogP contribution in [-0.2, 0) is 0 Å². The maximum Gasteiger partial charge on any atom is 0.263 e. The van der Waals surface area contributed by atoms with E-state index in [1.807, 2.05) is 44.2 Å². The molecule has 2 aromatic carbocycles. The second kappa shape index (κ2) is 8.90. The first-order valence-electron chi connectivity index (χ1n) is 11.1. The Morgan fingerprint density at radius 1 is 1.06 bits per heavy atom. The highest BCUT2D eigenvalue weighted by atomic mass is 16.5. The van der Waals surface area contributed by atoms with Crippen molar-refractivity contribution in [3.63, 3.8) is 0 Å². The molecule has 10 heteroatoms. The van der Waals surface area contributed by atoms with E-state index in [1.54, 1.807) is 41.9 Å². The van der Waals surface area contributed by atoms with Crippen molar-refractivity contribution in [3.05, 3.63) is 88.5 Å². The first-order chi connectivity index (χ1) is 16.9. The first kappa shape index (κ1) is 22.1. The molecule has 3 aromatic heterocycles. The Hall–Kier alpha value is -4.73. The lowest BCUT2D eigenvalue weighted by Gasteiger charge is -2.11. The van der Waals surface area contributed by atoms with Gasteiger partial charge in [0.2, 0.25) is 5.95 Å². The van der Waals surface area contributed by atoms with Gasteiger partial charge in [-0.05, 0) is 57.2 Å². The van der Waals surface area contributed by atoms with Crippen LogP contribution in [0, 0.1) is 6.92 Å². The lowest BCUT2D eigenvalue weighted by Crippen LogP contribution is -2.19. The molecule has 0 saturated carbocycles. The van der Waals surface area contributed by atoms with Crippen LogP contribution in [0.25, 0.3) is 22.7 Å². The van der Waals surface area contributed by atoms with Crippen molar-refractivity contribution in [3.8, 4) is 17.4 Å². The third-order valence-corrected chi connectivity index (χ3v) is 5.19. The molecule has 5 aromatic rings. The Kier molecular flexibility index (Phi) is 5.61. The summed E-state index contributed by atoms with van der Waals surface area (Å²) in [5.41, 5.74) is 1.87. The highest BCUT2D eigenvalue weighted by molar-refractivity contribution is 6.04. The van der Waals surface area contributed by atoms with Crippen LogP contribution in [-0.4, -0.2) is 41.5 Å². The van der Waals surface area contributed by atoms with Gasteiger partial charge < -0.3 is 10.1 Å². The zero-order valence-electron chi connectivity index (χ0n) is 19.4. The van der Waals surface area contributed by atoms with Crippen molar-refractivity contribution in [2.24, 2.45) is 0 Å². The van der Waals surface area contributed by atoms with E-state index in [4.69, 9.17) is 4.74 Å². The number of carbonyl (C=O) groups is 1. The molecule has 0 aliphatic carbocycles. The molecule has 176 valence electrons. The third-order valence-electron chi connectivity index (χ3n) is 5.19. The van der Waals surface area contributed by atoms with E-state index in [9.17, 15) is 9.59 Å². The van der Waals surface area contributed by atoms with E-state index in [1.165, 1.54) is 10.9 Å². The highest BCUT2D eigenvalue weighted by Gasteiger charge is 2.17. The van der Waals surface area contributed by atoms with Gasteiger partial charge in [0.25, 0.3) is 11.5 Å². The monoisotopic (exact) mass is 469 g/mol. The minimum Gasteiger partial charge on any atom is -0.491 e. The third kappa shape index (κ3) is 4.41. The summed E-state index contributed by atoms with van der Waals surface area (Å²) in [6.07, 6.45) is 1.51. The fraction of sp³-hybridized carbons (Fsp3) is 0.160. The largest absolute Gasteiger partial charge is 0.491 e. The predicted octanol–water partition coefficient (Wildman–Crippen LogP) is 3.64. The number of ether oxygens (including phenoxy) is 1. The molecule has 3 heterocycles. The van der Waals surface area contributed by atoms with Gasteiger partial charge in [0.05, 0.1) is 23.7 Å². The van der Waals surface area contributed by atoms with Crippen LogP contribution in [0.2, 0.25) is 0 Å². The number of aromatic nitrogens is 6. The average Bonchev–Trinajstić information content (AvgIpc) is 3.43. The van der Waals surface area contributed by atoms with Crippen LogP contribution in [0.4, 0.5) is 5.82 Å². The smallest absolute Gasteiger partial charge is 0.263 e. The van der Waals surface area contributed by atoms with Crippen LogP contribution in [0.3, 0.4) is 0 Å². The lowest BCUT2D eigenvalue weighted by molar-refractivity contribution is 0.102. The minimum absolute atomic E-state index is 0.0391. The number of para-hydroxylation sites is 1. The van der Waals surface area contributed by atoms with Crippen molar-refractivity contribution in [1.29, 1.82) is 0 Å². The average molecular weight is 470 g/mol. The van der Waals surface area contributed by atoms with Crippen molar-refractivity contribution in [2.75, 3.05) is 5.32 Å². The number of fused-ring (bicyclic) bond motifs is 1. The number of H-pyrrole nitrogens is 1. The number of rotatable bonds is 6. The summed E-state index contributed by atoms with van der Waals surface area (Å²) >= 11 is 0. The van der Waals surface area contributed by atoms with Crippen molar-refractivity contribution >= 4 is 22.8 Å². The van der Waals surface area contributed by atoms with Gasteiger partial charge >= 0.3 is 0 Å². The maximum absolute atomic E-state index is 12.9. The van der Waals surface area contributed by atoms with Gasteiger partial charge in [0, 0.05) is 11.6 Å². The fourth-order valence-corrected chi connectivity index (χ4v) is 3.66. The van der Waals surface area contributed by atoms with Gasteiger partial charge in [0.15, 0.2) is 5.65 Å². The molecule has 10 nitrogen and oxygen atoms in total. The molecule has 0 bridgehead atoms. The summed E-state index contributed by atoms with van der Waals surface area (Å²) in [6, 6.07) is 18.0. The van der Waals surface area contributed by atoms with Gasteiger partial charge in [-0.2, -0.15) is 19.9 Å². The molecule has 5 rings (SSSR count). The number of carbonyl (C=O) groups excluding carboxylic acids is 1. The molecular formula is C25H23N7O3. The fourth-order valence-electron chi connectivity index (χ4n) is 3.66. The van der Waals surface area contributed by atoms with Gasteiger partial charge in [0.1, 0.15) is 17.0 Å². The van der Waals surface area contributed by atoms with E-state index >= 15 is 0 Å². The van der Waals surface area contributed by atoms with Gasteiger partial charge in [-0.3, -0.25) is 14.6 Å². The SMILES string of the molecule is Cc1cc(NC(=O)c2ccc(OC(C)C)cc2)n(-c2nc3c(cnn3-c3ccccc3)c(=O)[nH]2)n1. The number of aromatic amines is 1. The number of aryl methyl sites for hydroxylation is 1. The maximum atomic E-state index is 12.9. The molecule has 0 atom stereocenters. The zero-order chi connectivity index (χ0) is 24.5. The number of benzene rings is 2. The number of hydrogen-bond donors (Lipinski definition) is 2. The Morgan fingerprint density at radius 2 is 1.80 bits per heavy atom. The Bertz CT molecular complexity index is 1560. The van der Waals surface area contributed by atoms with Crippen LogP contribution in [0.15, 0.2) is 71.7 Å². The van der Waals surface area contributed by atoms with E-state index in [-0.39, 0.29) is 23.5 Å². The van der Waals surface area contributed by atoms with E-state index in [2.05, 4.69) is 25.5 Å². The summed E-state index contributed by atoms with van der Waals surface area (Å²) < 4.78 is 8.62. The quantitative estimate of drug-likeness (QED) is 0.392. The van der Waals surface area contributed by atoms with Crippen LogP contribution >= 0.6 is 0 Å². The Labute approximate surface area is 200 Å². The Balaban J connectivity index is 1.50. The number of anilines is 1. The summed E-state index contributed by atoms with van der Waals surface area (Å²) in [4.78, 5) is 33.1.